The molecule has 1 aromatic carbocycles. The standard InChI is InChI=1S/C16H16ClN5O2/c1-22(8-13-18-15(20-23-13)10-6-7-10)9-14-19-16(21-24-14)11-4-2-3-5-12(11)17/h2-5,10H,6-9H2,1H3. The van der Waals surface area contributed by atoms with Gasteiger partial charge in [0.05, 0.1) is 18.1 Å². The largest absolute Gasteiger partial charge is 0.338 e. The highest BCUT2D eigenvalue weighted by atomic mass is 35.5. The van der Waals surface area contributed by atoms with Gasteiger partial charge in [-0.1, -0.05) is 34.0 Å². The Morgan fingerprint density at radius 1 is 1.08 bits per heavy atom. The second kappa shape index (κ2) is 6.33. The third-order valence-electron chi connectivity index (χ3n) is 3.82. The molecule has 124 valence electrons. The number of aromatic nitrogens is 4. The zero-order chi connectivity index (χ0) is 16.5. The molecule has 0 amide bonds. The van der Waals surface area contributed by atoms with Crippen LogP contribution in [0.25, 0.3) is 11.4 Å². The van der Waals surface area contributed by atoms with Crippen LogP contribution in [0.4, 0.5) is 0 Å². The van der Waals surface area contributed by atoms with Crippen molar-refractivity contribution in [3.05, 3.63) is 46.9 Å². The molecule has 0 aliphatic heterocycles. The van der Waals surface area contributed by atoms with Crippen LogP contribution in [0.1, 0.15) is 36.4 Å². The number of rotatable bonds is 6. The van der Waals surface area contributed by atoms with Crippen molar-refractivity contribution >= 4 is 11.6 Å². The molecule has 0 unspecified atom stereocenters. The van der Waals surface area contributed by atoms with E-state index in [0.29, 0.717) is 41.6 Å². The molecule has 2 heterocycles. The molecule has 0 bridgehead atoms. The third-order valence-corrected chi connectivity index (χ3v) is 4.15. The Bertz CT molecular complexity index is 842. The van der Waals surface area contributed by atoms with E-state index in [1.165, 1.54) is 0 Å². The van der Waals surface area contributed by atoms with Gasteiger partial charge in [0, 0.05) is 11.5 Å². The Morgan fingerprint density at radius 3 is 2.54 bits per heavy atom. The van der Waals surface area contributed by atoms with E-state index in [-0.39, 0.29) is 0 Å². The van der Waals surface area contributed by atoms with E-state index in [2.05, 4.69) is 20.3 Å². The second-order valence-electron chi connectivity index (χ2n) is 5.98. The fraction of sp³-hybridized carbons (Fsp3) is 0.375. The van der Waals surface area contributed by atoms with Gasteiger partial charge in [-0.25, -0.2) is 0 Å². The first-order chi connectivity index (χ1) is 11.7. The Labute approximate surface area is 143 Å². The molecule has 1 aliphatic rings. The Hall–Kier alpha value is -2.25. The van der Waals surface area contributed by atoms with Gasteiger partial charge in [-0.3, -0.25) is 4.90 Å². The molecule has 1 aliphatic carbocycles. The van der Waals surface area contributed by atoms with Crippen molar-refractivity contribution < 1.29 is 9.05 Å². The first-order valence-electron chi connectivity index (χ1n) is 7.77. The summed E-state index contributed by atoms with van der Waals surface area (Å²) < 4.78 is 10.6. The van der Waals surface area contributed by atoms with E-state index in [1.807, 2.05) is 30.1 Å². The summed E-state index contributed by atoms with van der Waals surface area (Å²) in [5, 5.41) is 8.60. The molecule has 4 rings (SSSR count). The van der Waals surface area contributed by atoms with E-state index >= 15 is 0 Å². The van der Waals surface area contributed by atoms with Crippen molar-refractivity contribution in [2.45, 2.75) is 31.8 Å². The number of hydrogen-bond donors (Lipinski definition) is 0. The van der Waals surface area contributed by atoms with Gasteiger partial charge in [0.1, 0.15) is 0 Å². The average Bonchev–Trinajstić information content (AvgIpc) is 3.15. The van der Waals surface area contributed by atoms with Gasteiger partial charge in [-0.05, 0) is 32.0 Å². The summed E-state index contributed by atoms with van der Waals surface area (Å²) in [5.41, 5.74) is 0.753. The van der Waals surface area contributed by atoms with Crippen LogP contribution >= 0.6 is 11.6 Å². The zero-order valence-corrected chi connectivity index (χ0v) is 13.9. The minimum absolute atomic E-state index is 0.484. The van der Waals surface area contributed by atoms with Crippen molar-refractivity contribution in [2.24, 2.45) is 0 Å². The topological polar surface area (TPSA) is 81.1 Å². The lowest BCUT2D eigenvalue weighted by Crippen LogP contribution is -2.17. The Kier molecular flexibility index (Phi) is 4.03. The van der Waals surface area contributed by atoms with E-state index in [1.54, 1.807) is 6.07 Å². The van der Waals surface area contributed by atoms with Gasteiger partial charge >= 0.3 is 0 Å². The van der Waals surface area contributed by atoms with Gasteiger partial charge in [-0.15, -0.1) is 0 Å². The number of hydrogen-bond acceptors (Lipinski definition) is 7. The summed E-state index contributed by atoms with van der Waals surface area (Å²) in [6.07, 6.45) is 2.31. The predicted octanol–water partition coefficient (Wildman–Crippen LogP) is 3.28. The maximum atomic E-state index is 6.15. The van der Waals surface area contributed by atoms with E-state index < -0.39 is 0 Å². The molecule has 0 N–H and O–H groups in total. The summed E-state index contributed by atoms with van der Waals surface area (Å²) >= 11 is 6.15. The van der Waals surface area contributed by atoms with Crippen molar-refractivity contribution in [3.8, 4) is 11.4 Å². The van der Waals surface area contributed by atoms with Gasteiger partial charge in [0.25, 0.3) is 0 Å². The van der Waals surface area contributed by atoms with Crippen molar-refractivity contribution in [3.63, 3.8) is 0 Å². The van der Waals surface area contributed by atoms with Crippen LogP contribution in [-0.2, 0) is 13.1 Å². The zero-order valence-electron chi connectivity index (χ0n) is 13.1. The van der Waals surface area contributed by atoms with E-state index in [0.717, 1.165) is 24.2 Å². The van der Waals surface area contributed by atoms with Crippen LogP contribution in [0.2, 0.25) is 5.02 Å². The lowest BCUT2D eigenvalue weighted by atomic mass is 10.2. The van der Waals surface area contributed by atoms with Gasteiger partial charge < -0.3 is 9.05 Å². The van der Waals surface area contributed by atoms with Gasteiger partial charge in [-0.2, -0.15) is 9.97 Å². The van der Waals surface area contributed by atoms with E-state index in [4.69, 9.17) is 20.6 Å². The minimum Gasteiger partial charge on any atom is -0.338 e. The third kappa shape index (κ3) is 3.32. The fourth-order valence-electron chi connectivity index (χ4n) is 2.43. The summed E-state index contributed by atoms with van der Waals surface area (Å²) in [6.45, 7) is 1.02. The van der Waals surface area contributed by atoms with Gasteiger partial charge in [0.2, 0.25) is 17.6 Å². The maximum absolute atomic E-state index is 6.15. The molecule has 1 fully saturated rings. The lowest BCUT2D eigenvalue weighted by molar-refractivity contribution is 0.229. The highest BCUT2D eigenvalue weighted by molar-refractivity contribution is 6.33. The second-order valence-corrected chi connectivity index (χ2v) is 6.39. The van der Waals surface area contributed by atoms with Crippen LogP contribution in [0.3, 0.4) is 0 Å². The normalized spacial score (nSPS) is 14.5. The van der Waals surface area contributed by atoms with Crippen molar-refractivity contribution in [1.82, 2.24) is 25.2 Å². The molecule has 3 aromatic rings. The smallest absolute Gasteiger partial charge is 0.241 e. The van der Waals surface area contributed by atoms with Crippen molar-refractivity contribution in [2.75, 3.05) is 7.05 Å². The fourth-order valence-corrected chi connectivity index (χ4v) is 2.65. The van der Waals surface area contributed by atoms with Crippen LogP contribution in [0.5, 0.6) is 0 Å². The first kappa shape index (κ1) is 15.3. The maximum Gasteiger partial charge on any atom is 0.241 e. The Balaban J connectivity index is 1.40. The molecule has 8 heteroatoms. The molecular weight excluding hydrogens is 330 g/mol. The van der Waals surface area contributed by atoms with Crippen LogP contribution in [0.15, 0.2) is 33.3 Å². The average molecular weight is 346 g/mol. The molecule has 0 atom stereocenters. The molecule has 0 saturated heterocycles. The molecule has 2 aromatic heterocycles. The summed E-state index contributed by atoms with van der Waals surface area (Å²) in [5.74, 6) is 2.90. The molecule has 0 spiro atoms. The minimum atomic E-state index is 0.484. The quantitative estimate of drug-likeness (QED) is 0.678. The highest BCUT2D eigenvalue weighted by Gasteiger charge is 2.28. The summed E-state index contributed by atoms with van der Waals surface area (Å²) in [6, 6.07) is 7.40. The summed E-state index contributed by atoms with van der Waals surface area (Å²) in [7, 11) is 1.93. The predicted molar refractivity (Wildman–Crippen MR) is 86.2 cm³/mol. The van der Waals surface area contributed by atoms with Crippen LogP contribution < -0.4 is 0 Å². The first-order valence-corrected chi connectivity index (χ1v) is 8.15. The molecule has 0 radical (unpaired) electrons. The van der Waals surface area contributed by atoms with Crippen LogP contribution in [0, 0.1) is 0 Å². The van der Waals surface area contributed by atoms with E-state index in [9.17, 15) is 0 Å². The Morgan fingerprint density at radius 2 is 1.79 bits per heavy atom. The lowest BCUT2D eigenvalue weighted by Gasteiger charge is -2.10. The molecule has 1 saturated carbocycles. The molecule has 7 nitrogen and oxygen atoms in total. The molecule has 24 heavy (non-hydrogen) atoms. The molecular formula is C16H16ClN5O2. The van der Waals surface area contributed by atoms with Crippen molar-refractivity contribution in [1.29, 1.82) is 0 Å². The summed E-state index contributed by atoms with van der Waals surface area (Å²) in [4.78, 5) is 10.8. The number of nitrogens with zero attached hydrogens (tertiary/aromatic N) is 5. The highest BCUT2D eigenvalue weighted by Crippen LogP contribution is 2.38. The number of benzene rings is 1. The van der Waals surface area contributed by atoms with Crippen LogP contribution in [-0.4, -0.2) is 32.2 Å². The SMILES string of the molecule is CN(Cc1nc(-c2ccccc2Cl)no1)Cc1nc(C2CC2)no1. The number of halogens is 1. The van der Waals surface area contributed by atoms with Gasteiger partial charge in [0.15, 0.2) is 5.82 Å². The monoisotopic (exact) mass is 345 g/mol.